The van der Waals surface area contributed by atoms with Crippen LogP contribution in [0.3, 0.4) is 0 Å². The maximum atomic E-state index is 12.2. The Bertz CT molecular complexity index is 524. The van der Waals surface area contributed by atoms with Gasteiger partial charge in [-0.2, -0.15) is 0 Å². The Kier molecular flexibility index (Phi) is 4.57. The van der Waals surface area contributed by atoms with Crippen LogP contribution in [0.25, 0.3) is 0 Å². The summed E-state index contributed by atoms with van der Waals surface area (Å²) in [4.78, 5) is 12.2. The average molecular weight is 290 g/mol. The van der Waals surface area contributed by atoms with Crippen LogP contribution in [-0.4, -0.2) is 24.1 Å². The number of rotatable bonds is 5. The van der Waals surface area contributed by atoms with Crippen LogP contribution in [-0.2, 0) is 17.6 Å². The van der Waals surface area contributed by atoms with Crippen LogP contribution >= 0.6 is 0 Å². The van der Waals surface area contributed by atoms with Gasteiger partial charge in [-0.3, -0.25) is 4.79 Å². The van der Waals surface area contributed by atoms with Crippen LogP contribution in [0.5, 0.6) is 5.75 Å². The topological polar surface area (TPSA) is 64.4 Å². The van der Waals surface area contributed by atoms with E-state index in [1.807, 2.05) is 26.0 Å². The minimum absolute atomic E-state index is 0.0161. The Morgan fingerprint density at radius 2 is 2.14 bits per heavy atom. The lowest BCUT2D eigenvalue weighted by Crippen LogP contribution is -2.39. The van der Waals surface area contributed by atoms with Gasteiger partial charge in [0.05, 0.1) is 5.92 Å². The van der Waals surface area contributed by atoms with Crippen LogP contribution in [0.2, 0.25) is 0 Å². The number of benzene rings is 1. The molecule has 0 aliphatic carbocycles. The third kappa shape index (κ3) is 3.76. The number of ether oxygens (including phenoxy) is 1. The SMILES string of the molecule is CC(C)NC(=O)C(CN)Cc1cccc2c1OC(C)(C)C2. The molecule has 4 heteroatoms. The summed E-state index contributed by atoms with van der Waals surface area (Å²) in [5.74, 6) is 0.742. The highest BCUT2D eigenvalue weighted by atomic mass is 16.5. The Balaban J connectivity index is 2.17. The Morgan fingerprint density at radius 3 is 2.76 bits per heavy atom. The van der Waals surface area contributed by atoms with E-state index in [1.165, 1.54) is 5.56 Å². The first kappa shape index (κ1) is 15.8. The van der Waals surface area contributed by atoms with E-state index in [0.29, 0.717) is 13.0 Å². The molecule has 21 heavy (non-hydrogen) atoms. The van der Waals surface area contributed by atoms with Crippen molar-refractivity contribution in [3.8, 4) is 5.75 Å². The number of para-hydroxylation sites is 1. The summed E-state index contributed by atoms with van der Waals surface area (Å²) >= 11 is 0. The molecule has 0 saturated carbocycles. The number of nitrogens with two attached hydrogens (primary N) is 1. The van der Waals surface area contributed by atoms with Crippen LogP contribution in [0, 0.1) is 5.92 Å². The van der Waals surface area contributed by atoms with Crippen LogP contribution in [0.1, 0.15) is 38.8 Å². The van der Waals surface area contributed by atoms with Crippen LogP contribution in [0.4, 0.5) is 0 Å². The summed E-state index contributed by atoms with van der Waals surface area (Å²) < 4.78 is 6.06. The zero-order chi connectivity index (χ0) is 15.6. The van der Waals surface area contributed by atoms with Gasteiger partial charge in [-0.25, -0.2) is 0 Å². The zero-order valence-corrected chi connectivity index (χ0v) is 13.4. The highest BCUT2D eigenvalue weighted by Crippen LogP contribution is 2.38. The molecule has 1 aliphatic rings. The molecule has 116 valence electrons. The third-order valence-electron chi connectivity index (χ3n) is 3.73. The summed E-state index contributed by atoms with van der Waals surface area (Å²) in [7, 11) is 0. The number of amides is 1. The fraction of sp³-hybridized carbons (Fsp3) is 0.588. The largest absolute Gasteiger partial charge is 0.487 e. The van der Waals surface area contributed by atoms with E-state index in [2.05, 4.69) is 25.2 Å². The molecule has 1 aromatic rings. The van der Waals surface area contributed by atoms with Gasteiger partial charge in [0.2, 0.25) is 5.91 Å². The number of nitrogens with one attached hydrogen (secondary N) is 1. The van der Waals surface area contributed by atoms with Crippen molar-refractivity contribution in [3.63, 3.8) is 0 Å². The molecule has 4 nitrogen and oxygen atoms in total. The summed E-state index contributed by atoms with van der Waals surface area (Å²) in [6.07, 6.45) is 1.52. The lowest BCUT2D eigenvalue weighted by molar-refractivity contribution is -0.125. The summed E-state index contributed by atoms with van der Waals surface area (Å²) in [6.45, 7) is 8.42. The molecular weight excluding hydrogens is 264 g/mol. The second-order valence-corrected chi connectivity index (χ2v) is 6.74. The van der Waals surface area contributed by atoms with Crippen molar-refractivity contribution in [2.75, 3.05) is 6.54 Å². The van der Waals surface area contributed by atoms with Crippen molar-refractivity contribution >= 4 is 5.91 Å². The molecule has 3 N–H and O–H groups in total. The number of carbonyl (C=O) groups excluding carboxylic acids is 1. The molecule has 1 aromatic carbocycles. The molecule has 0 bridgehead atoms. The maximum absolute atomic E-state index is 12.2. The predicted molar refractivity (Wildman–Crippen MR) is 84.4 cm³/mol. The minimum Gasteiger partial charge on any atom is -0.487 e. The second-order valence-electron chi connectivity index (χ2n) is 6.74. The van der Waals surface area contributed by atoms with Crippen molar-refractivity contribution < 1.29 is 9.53 Å². The van der Waals surface area contributed by atoms with Gasteiger partial charge >= 0.3 is 0 Å². The van der Waals surface area contributed by atoms with E-state index in [-0.39, 0.29) is 23.5 Å². The fourth-order valence-corrected chi connectivity index (χ4v) is 2.79. The Morgan fingerprint density at radius 1 is 1.43 bits per heavy atom. The summed E-state index contributed by atoms with van der Waals surface area (Å²) in [6, 6.07) is 6.29. The maximum Gasteiger partial charge on any atom is 0.224 e. The molecule has 0 fully saturated rings. The molecule has 1 aliphatic heterocycles. The Hall–Kier alpha value is -1.55. The first-order chi connectivity index (χ1) is 9.82. The number of hydrogen-bond donors (Lipinski definition) is 2. The molecule has 1 unspecified atom stereocenters. The van der Waals surface area contributed by atoms with Crippen LogP contribution in [0.15, 0.2) is 18.2 Å². The highest BCUT2D eigenvalue weighted by Gasteiger charge is 2.32. The van der Waals surface area contributed by atoms with Gasteiger partial charge in [-0.05, 0) is 45.2 Å². The second kappa shape index (κ2) is 6.06. The van der Waals surface area contributed by atoms with Gasteiger partial charge in [0, 0.05) is 19.0 Å². The van der Waals surface area contributed by atoms with Gasteiger partial charge in [0.15, 0.2) is 0 Å². The van der Waals surface area contributed by atoms with Gasteiger partial charge in [0.25, 0.3) is 0 Å². The standard InChI is InChI=1S/C17H26N2O2/c1-11(2)19-16(20)14(10-18)8-12-6-5-7-13-9-17(3,4)21-15(12)13/h5-7,11,14H,8-10,18H2,1-4H3,(H,19,20). The molecule has 0 spiro atoms. The first-order valence-electron chi connectivity index (χ1n) is 7.62. The van der Waals surface area contributed by atoms with Gasteiger partial charge in [0.1, 0.15) is 11.4 Å². The monoisotopic (exact) mass is 290 g/mol. The number of carbonyl (C=O) groups is 1. The molecule has 1 atom stereocenters. The van der Waals surface area contributed by atoms with Crippen molar-refractivity contribution in [2.45, 2.75) is 52.2 Å². The lowest BCUT2D eigenvalue weighted by Gasteiger charge is -2.20. The number of fused-ring (bicyclic) bond motifs is 1. The summed E-state index contributed by atoms with van der Waals surface area (Å²) in [5.41, 5.74) is 7.92. The van der Waals surface area contributed by atoms with E-state index in [0.717, 1.165) is 17.7 Å². The molecule has 1 heterocycles. The zero-order valence-electron chi connectivity index (χ0n) is 13.4. The third-order valence-corrected chi connectivity index (χ3v) is 3.73. The predicted octanol–water partition coefficient (Wildman–Crippen LogP) is 2.04. The van der Waals surface area contributed by atoms with E-state index in [4.69, 9.17) is 10.5 Å². The quantitative estimate of drug-likeness (QED) is 0.872. The molecule has 1 amide bonds. The van der Waals surface area contributed by atoms with E-state index < -0.39 is 0 Å². The minimum atomic E-state index is -0.216. The van der Waals surface area contributed by atoms with E-state index in [1.54, 1.807) is 0 Å². The summed E-state index contributed by atoms with van der Waals surface area (Å²) in [5, 5.41) is 2.94. The normalized spacial score (nSPS) is 17.2. The van der Waals surface area contributed by atoms with Gasteiger partial charge in [-0.1, -0.05) is 18.2 Å². The number of hydrogen-bond acceptors (Lipinski definition) is 3. The van der Waals surface area contributed by atoms with Gasteiger partial charge < -0.3 is 15.8 Å². The van der Waals surface area contributed by atoms with Gasteiger partial charge in [-0.15, -0.1) is 0 Å². The van der Waals surface area contributed by atoms with Crippen molar-refractivity contribution in [3.05, 3.63) is 29.3 Å². The molecule has 2 rings (SSSR count). The molecule has 0 saturated heterocycles. The van der Waals surface area contributed by atoms with Crippen molar-refractivity contribution in [1.82, 2.24) is 5.32 Å². The van der Waals surface area contributed by atoms with Crippen molar-refractivity contribution in [2.24, 2.45) is 11.7 Å². The van der Waals surface area contributed by atoms with Crippen molar-refractivity contribution in [1.29, 1.82) is 0 Å². The fourth-order valence-electron chi connectivity index (χ4n) is 2.79. The Labute approximate surface area is 127 Å². The van der Waals surface area contributed by atoms with Crippen LogP contribution < -0.4 is 15.8 Å². The lowest BCUT2D eigenvalue weighted by atomic mass is 9.95. The average Bonchev–Trinajstić information content (AvgIpc) is 2.69. The van der Waals surface area contributed by atoms with E-state index >= 15 is 0 Å². The highest BCUT2D eigenvalue weighted by molar-refractivity contribution is 5.79. The molecular formula is C17H26N2O2. The first-order valence-corrected chi connectivity index (χ1v) is 7.62. The molecule has 0 aromatic heterocycles. The molecule has 0 radical (unpaired) electrons. The van der Waals surface area contributed by atoms with E-state index in [9.17, 15) is 4.79 Å². The smallest absolute Gasteiger partial charge is 0.224 e.